The fourth-order valence-electron chi connectivity index (χ4n) is 1.59. The molecular formula is C12H18FN3O2. The number of methoxy groups -OCH3 is 1. The Hall–Kier alpha value is -1.98. The molecule has 0 aliphatic heterocycles. The topological polar surface area (TPSA) is 79.9 Å². The van der Waals surface area contributed by atoms with Gasteiger partial charge in [-0.1, -0.05) is 12.1 Å². The maximum atomic E-state index is 13.0. The quantitative estimate of drug-likeness (QED) is 0.315. The molecule has 0 fully saturated rings. The van der Waals surface area contributed by atoms with Crippen LogP contribution >= 0.6 is 0 Å². The summed E-state index contributed by atoms with van der Waals surface area (Å²) >= 11 is 0. The van der Waals surface area contributed by atoms with Gasteiger partial charge < -0.3 is 21.0 Å². The van der Waals surface area contributed by atoms with Crippen molar-refractivity contribution in [3.63, 3.8) is 0 Å². The highest BCUT2D eigenvalue weighted by Gasteiger charge is 2.12. The van der Waals surface area contributed by atoms with Crippen LogP contribution in [0, 0.1) is 5.82 Å². The number of nitrogens with two attached hydrogens (primary N) is 1. The molecule has 0 heterocycles. The number of amidine groups is 1. The van der Waals surface area contributed by atoms with Gasteiger partial charge >= 0.3 is 0 Å². The van der Waals surface area contributed by atoms with Crippen LogP contribution in [0.3, 0.4) is 0 Å². The lowest BCUT2D eigenvalue weighted by Gasteiger charge is -2.19. The number of anilines is 1. The maximum Gasteiger partial charge on any atom is 0.144 e. The van der Waals surface area contributed by atoms with Gasteiger partial charge in [-0.2, -0.15) is 0 Å². The summed E-state index contributed by atoms with van der Waals surface area (Å²) in [6.07, 6.45) is 1.17. The van der Waals surface area contributed by atoms with E-state index in [0.717, 1.165) is 6.42 Å². The van der Waals surface area contributed by atoms with E-state index in [1.54, 1.807) is 6.07 Å². The molecule has 1 unspecified atom stereocenters. The van der Waals surface area contributed by atoms with Gasteiger partial charge in [-0.15, -0.1) is 0 Å². The summed E-state index contributed by atoms with van der Waals surface area (Å²) in [6.45, 7) is 1.97. The SMILES string of the molecule is CCC(C/C(N)=N/O)Nc1ccc(F)cc1OC. The Bertz CT molecular complexity index is 424. The Kier molecular flexibility index (Phi) is 5.23. The smallest absolute Gasteiger partial charge is 0.144 e. The predicted octanol–water partition coefficient (Wildman–Crippen LogP) is 2.16. The Balaban J connectivity index is 2.81. The molecule has 1 rings (SSSR count). The summed E-state index contributed by atoms with van der Waals surface area (Å²) in [4.78, 5) is 0. The average Bonchev–Trinajstić information content (AvgIpc) is 2.39. The number of hydrogen-bond donors (Lipinski definition) is 3. The van der Waals surface area contributed by atoms with Gasteiger partial charge in [0.2, 0.25) is 0 Å². The van der Waals surface area contributed by atoms with Crippen LogP contribution in [-0.2, 0) is 0 Å². The first-order valence-electron chi connectivity index (χ1n) is 5.67. The van der Waals surface area contributed by atoms with Gasteiger partial charge in [-0.25, -0.2) is 4.39 Å². The zero-order chi connectivity index (χ0) is 13.5. The first kappa shape index (κ1) is 14.1. The molecule has 0 saturated carbocycles. The van der Waals surface area contributed by atoms with E-state index < -0.39 is 0 Å². The largest absolute Gasteiger partial charge is 0.494 e. The molecule has 1 aromatic carbocycles. The summed E-state index contributed by atoms with van der Waals surface area (Å²) in [6, 6.07) is 4.24. The van der Waals surface area contributed by atoms with Crippen molar-refractivity contribution in [3.8, 4) is 5.75 Å². The number of benzene rings is 1. The number of oxime groups is 1. The van der Waals surface area contributed by atoms with Crippen LogP contribution in [0.1, 0.15) is 19.8 Å². The van der Waals surface area contributed by atoms with Gasteiger partial charge in [-0.3, -0.25) is 0 Å². The monoisotopic (exact) mass is 255 g/mol. The molecule has 0 aliphatic rings. The number of nitrogens with one attached hydrogen (secondary N) is 1. The zero-order valence-corrected chi connectivity index (χ0v) is 10.5. The number of rotatable bonds is 6. The summed E-state index contributed by atoms with van der Waals surface area (Å²) in [5.41, 5.74) is 6.14. The normalized spacial score (nSPS) is 13.2. The summed E-state index contributed by atoms with van der Waals surface area (Å²) in [7, 11) is 1.48. The van der Waals surface area contributed by atoms with Gasteiger partial charge in [0, 0.05) is 18.5 Å². The van der Waals surface area contributed by atoms with E-state index in [1.165, 1.54) is 19.2 Å². The van der Waals surface area contributed by atoms with E-state index in [0.29, 0.717) is 17.9 Å². The first-order valence-corrected chi connectivity index (χ1v) is 5.67. The summed E-state index contributed by atoms with van der Waals surface area (Å²) in [5.74, 6) is 0.213. The summed E-state index contributed by atoms with van der Waals surface area (Å²) in [5, 5.41) is 14.7. The van der Waals surface area contributed by atoms with E-state index in [9.17, 15) is 4.39 Å². The zero-order valence-electron chi connectivity index (χ0n) is 10.5. The van der Waals surface area contributed by atoms with E-state index >= 15 is 0 Å². The molecule has 0 saturated heterocycles. The number of hydrogen-bond acceptors (Lipinski definition) is 4. The van der Waals surface area contributed by atoms with Gasteiger partial charge in [0.15, 0.2) is 0 Å². The van der Waals surface area contributed by atoms with Crippen molar-refractivity contribution in [2.75, 3.05) is 12.4 Å². The van der Waals surface area contributed by atoms with Crippen LogP contribution in [0.4, 0.5) is 10.1 Å². The van der Waals surface area contributed by atoms with Crippen molar-refractivity contribution in [2.24, 2.45) is 10.9 Å². The van der Waals surface area contributed by atoms with Crippen LogP contribution in [0.5, 0.6) is 5.75 Å². The molecule has 1 atom stereocenters. The van der Waals surface area contributed by atoms with Gasteiger partial charge in [0.05, 0.1) is 12.8 Å². The Morgan fingerprint density at radius 3 is 2.89 bits per heavy atom. The Morgan fingerprint density at radius 2 is 2.33 bits per heavy atom. The molecule has 0 radical (unpaired) electrons. The average molecular weight is 255 g/mol. The third-order valence-electron chi connectivity index (χ3n) is 2.60. The van der Waals surface area contributed by atoms with E-state index in [4.69, 9.17) is 15.7 Å². The molecule has 0 amide bonds. The Labute approximate surface area is 105 Å². The van der Waals surface area contributed by atoms with E-state index in [2.05, 4.69) is 10.5 Å². The second-order valence-electron chi connectivity index (χ2n) is 3.89. The highest BCUT2D eigenvalue weighted by atomic mass is 19.1. The van der Waals surface area contributed by atoms with Gasteiger partial charge in [-0.05, 0) is 18.6 Å². The Morgan fingerprint density at radius 1 is 1.61 bits per heavy atom. The lowest BCUT2D eigenvalue weighted by molar-refractivity contribution is 0.316. The second-order valence-corrected chi connectivity index (χ2v) is 3.89. The van der Waals surface area contributed by atoms with Crippen molar-refractivity contribution < 1.29 is 14.3 Å². The predicted molar refractivity (Wildman–Crippen MR) is 68.7 cm³/mol. The van der Waals surface area contributed by atoms with Crippen molar-refractivity contribution in [1.82, 2.24) is 0 Å². The van der Waals surface area contributed by atoms with Gasteiger partial charge in [0.1, 0.15) is 17.4 Å². The van der Waals surface area contributed by atoms with Crippen molar-refractivity contribution in [2.45, 2.75) is 25.8 Å². The van der Waals surface area contributed by atoms with Crippen molar-refractivity contribution >= 4 is 11.5 Å². The molecule has 100 valence electrons. The first-order chi connectivity index (χ1) is 8.60. The number of ether oxygens (including phenoxy) is 1. The van der Waals surface area contributed by atoms with Crippen LogP contribution in [-0.4, -0.2) is 24.2 Å². The minimum absolute atomic E-state index is 0.0136. The molecule has 0 bridgehead atoms. The van der Waals surface area contributed by atoms with E-state index in [-0.39, 0.29) is 17.7 Å². The van der Waals surface area contributed by atoms with Crippen molar-refractivity contribution in [3.05, 3.63) is 24.0 Å². The third-order valence-corrected chi connectivity index (χ3v) is 2.60. The molecule has 0 aliphatic carbocycles. The van der Waals surface area contributed by atoms with E-state index in [1.807, 2.05) is 6.92 Å². The molecule has 1 aromatic rings. The number of halogens is 1. The molecular weight excluding hydrogens is 237 g/mol. The highest BCUT2D eigenvalue weighted by molar-refractivity contribution is 5.80. The lowest BCUT2D eigenvalue weighted by atomic mass is 10.1. The molecule has 18 heavy (non-hydrogen) atoms. The van der Waals surface area contributed by atoms with Gasteiger partial charge in [0.25, 0.3) is 0 Å². The maximum absolute atomic E-state index is 13.0. The number of nitrogens with zero attached hydrogens (tertiary/aromatic N) is 1. The molecule has 0 aromatic heterocycles. The van der Waals surface area contributed by atoms with Crippen molar-refractivity contribution in [1.29, 1.82) is 0 Å². The van der Waals surface area contributed by atoms with Crippen LogP contribution < -0.4 is 15.8 Å². The molecule has 4 N–H and O–H groups in total. The standard InChI is InChI=1S/C12H18FN3O2/c1-3-9(7-12(14)16-17)15-10-5-4-8(13)6-11(10)18-2/h4-6,9,15,17H,3,7H2,1-2H3,(H2,14,16). The molecule has 5 nitrogen and oxygen atoms in total. The third kappa shape index (κ3) is 3.80. The van der Waals surface area contributed by atoms with Crippen LogP contribution in [0.2, 0.25) is 0 Å². The fraction of sp³-hybridized carbons (Fsp3) is 0.417. The van der Waals surface area contributed by atoms with Crippen LogP contribution in [0.15, 0.2) is 23.4 Å². The van der Waals surface area contributed by atoms with Crippen LogP contribution in [0.25, 0.3) is 0 Å². The minimum atomic E-state index is -0.359. The minimum Gasteiger partial charge on any atom is -0.494 e. The molecule has 6 heteroatoms. The summed E-state index contributed by atoms with van der Waals surface area (Å²) < 4.78 is 18.1. The fourth-order valence-corrected chi connectivity index (χ4v) is 1.59. The lowest BCUT2D eigenvalue weighted by Crippen LogP contribution is -2.26. The molecule has 0 spiro atoms. The second kappa shape index (κ2) is 6.68. The highest BCUT2D eigenvalue weighted by Crippen LogP contribution is 2.26.